The zero-order valence-electron chi connectivity index (χ0n) is 10.8. The molecule has 0 amide bonds. The highest BCUT2D eigenvalue weighted by atomic mass is 15.6. The molecule has 1 rings (SSSR count). The first-order chi connectivity index (χ1) is 6.98. The van der Waals surface area contributed by atoms with Crippen molar-refractivity contribution in [3.05, 3.63) is 0 Å². The fraction of sp³-hybridized carbons (Fsp3) is 0.917. The summed E-state index contributed by atoms with van der Waals surface area (Å²) in [6, 6.07) is 0. The van der Waals surface area contributed by atoms with Crippen molar-refractivity contribution < 1.29 is 0 Å². The van der Waals surface area contributed by atoms with Crippen LogP contribution in [-0.2, 0) is 0 Å². The van der Waals surface area contributed by atoms with Gasteiger partial charge in [0.15, 0.2) is 0 Å². The number of rotatable bonds is 4. The molecule has 0 aromatic rings. The van der Waals surface area contributed by atoms with Crippen molar-refractivity contribution in [1.82, 2.24) is 9.91 Å². The molecule has 1 aliphatic rings. The fourth-order valence-corrected chi connectivity index (χ4v) is 2.03. The predicted octanol–water partition coefficient (Wildman–Crippen LogP) is 2.74. The van der Waals surface area contributed by atoms with Crippen LogP contribution in [0, 0.1) is 5.41 Å². The van der Waals surface area contributed by atoms with E-state index < -0.39 is 0 Å². The Morgan fingerprint density at radius 2 is 1.93 bits per heavy atom. The van der Waals surface area contributed by atoms with Gasteiger partial charge in [-0.2, -0.15) is 5.10 Å². The van der Waals surface area contributed by atoms with Gasteiger partial charge in [0.2, 0.25) is 0 Å². The Balaban J connectivity index is 2.57. The third kappa shape index (κ3) is 3.40. The molecule has 3 heteroatoms. The molecule has 0 saturated heterocycles. The Morgan fingerprint density at radius 1 is 1.27 bits per heavy atom. The summed E-state index contributed by atoms with van der Waals surface area (Å²) < 4.78 is 0. The zero-order valence-corrected chi connectivity index (χ0v) is 10.8. The third-order valence-corrected chi connectivity index (χ3v) is 2.55. The summed E-state index contributed by atoms with van der Waals surface area (Å²) in [6.07, 6.45) is 4.78. The summed E-state index contributed by atoms with van der Waals surface area (Å²) >= 11 is 0. The minimum atomic E-state index is 0.335. The van der Waals surface area contributed by atoms with Gasteiger partial charge in [-0.15, -0.1) is 0 Å². The van der Waals surface area contributed by atoms with E-state index in [9.17, 15) is 0 Å². The molecule has 0 saturated carbocycles. The Kier molecular flexibility index (Phi) is 4.00. The normalized spacial score (nSPS) is 21.5. The molecule has 1 atom stereocenters. The number of hydrogen-bond acceptors (Lipinski definition) is 3. The maximum absolute atomic E-state index is 4.48. The lowest BCUT2D eigenvalue weighted by atomic mass is 9.96. The predicted molar refractivity (Wildman–Crippen MR) is 65.7 cm³/mol. The number of hydrazone groups is 1. The summed E-state index contributed by atoms with van der Waals surface area (Å²) in [5.41, 5.74) is 0.335. The number of nitrogens with zero attached hydrogens (tertiary/aromatic N) is 3. The van der Waals surface area contributed by atoms with Crippen LogP contribution in [0.15, 0.2) is 5.10 Å². The van der Waals surface area contributed by atoms with Crippen molar-refractivity contribution in [3.8, 4) is 0 Å². The molecule has 15 heavy (non-hydrogen) atoms. The summed E-state index contributed by atoms with van der Waals surface area (Å²) in [5, 5.41) is 6.69. The summed E-state index contributed by atoms with van der Waals surface area (Å²) in [5.74, 6) is 0. The van der Waals surface area contributed by atoms with E-state index in [4.69, 9.17) is 0 Å². The van der Waals surface area contributed by atoms with Crippen molar-refractivity contribution in [2.45, 2.75) is 53.6 Å². The highest BCUT2D eigenvalue weighted by molar-refractivity contribution is 5.57. The van der Waals surface area contributed by atoms with E-state index in [0.29, 0.717) is 11.6 Å². The van der Waals surface area contributed by atoms with Crippen molar-refractivity contribution >= 4 is 6.34 Å². The molecule has 1 aliphatic heterocycles. The quantitative estimate of drug-likeness (QED) is 0.712. The second-order valence-electron chi connectivity index (χ2n) is 5.52. The second kappa shape index (κ2) is 4.86. The minimum absolute atomic E-state index is 0.335. The summed E-state index contributed by atoms with van der Waals surface area (Å²) in [7, 11) is 0. The van der Waals surface area contributed by atoms with E-state index in [-0.39, 0.29) is 0 Å². The van der Waals surface area contributed by atoms with Gasteiger partial charge in [0.1, 0.15) is 12.5 Å². The number of hydrogen-bond donors (Lipinski definition) is 0. The highest BCUT2D eigenvalue weighted by Gasteiger charge is 2.28. The van der Waals surface area contributed by atoms with Crippen LogP contribution < -0.4 is 0 Å². The third-order valence-electron chi connectivity index (χ3n) is 2.55. The molecular formula is C12H25N3. The minimum Gasteiger partial charge on any atom is -0.339 e. The van der Waals surface area contributed by atoms with E-state index in [0.717, 1.165) is 25.9 Å². The molecule has 0 fully saturated rings. The first-order valence-electron chi connectivity index (χ1n) is 6.04. The second-order valence-corrected chi connectivity index (χ2v) is 5.52. The lowest BCUT2D eigenvalue weighted by Crippen LogP contribution is -2.43. The van der Waals surface area contributed by atoms with Crippen LogP contribution in [0.2, 0.25) is 0 Å². The molecule has 0 radical (unpaired) electrons. The average molecular weight is 211 g/mol. The van der Waals surface area contributed by atoms with E-state index >= 15 is 0 Å². The van der Waals surface area contributed by atoms with Gasteiger partial charge in [0, 0.05) is 13.1 Å². The lowest BCUT2D eigenvalue weighted by Gasteiger charge is -2.33. The van der Waals surface area contributed by atoms with Crippen LogP contribution in [0.1, 0.15) is 47.5 Å². The molecule has 0 aromatic carbocycles. The van der Waals surface area contributed by atoms with E-state index in [1.807, 2.05) is 6.34 Å². The first kappa shape index (κ1) is 12.3. The molecule has 0 N–H and O–H groups in total. The molecule has 0 spiro atoms. The van der Waals surface area contributed by atoms with Gasteiger partial charge in [0.25, 0.3) is 0 Å². The van der Waals surface area contributed by atoms with Crippen molar-refractivity contribution in [3.63, 3.8) is 0 Å². The van der Waals surface area contributed by atoms with E-state index in [2.05, 4.69) is 49.6 Å². The molecule has 88 valence electrons. The topological polar surface area (TPSA) is 18.8 Å². The maximum atomic E-state index is 4.48. The van der Waals surface area contributed by atoms with Crippen molar-refractivity contribution in [2.24, 2.45) is 10.5 Å². The lowest BCUT2D eigenvalue weighted by molar-refractivity contribution is 0.104. The van der Waals surface area contributed by atoms with Crippen LogP contribution in [0.5, 0.6) is 0 Å². The molecule has 1 heterocycles. The molecule has 1 unspecified atom stereocenters. The standard InChI is InChI=1S/C12H25N3/c1-6-8-15-11(7-2)14(10-13-15)9-12(3,4)5/h10-11H,6-9H2,1-5H3. The smallest absolute Gasteiger partial charge is 0.118 e. The Bertz CT molecular complexity index is 217. The van der Waals surface area contributed by atoms with Gasteiger partial charge in [-0.05, 0) is 18.3 Å². The molecule has 0 bridgehead atoms. The van der Waals surface area contributed by atoms with Crippen LogP contribution in [0.25, 0.3) is 0 Å². The zero-order chi connectivity index (χ0) is 11.5. The molecule has 0 aromatic heterocycles. The Morgan fingerprint density at radius 3 is 2.40 bits per heavy atom. The Labute approximate surface area is 94.1 Å². The Hall–Kier alpha value is -0.730. The van der Waals surface area contributed by atoms with E-state index in [1.165, 1.54) is 0 Å². The summed E-state index contributed by atoms with van der Waals surface area (Å²) in [4.78, 5) is 2.37. The molecule has 3 nitrogen and oxygen atoms in total. The highest BCUT2D eigenvalue weighted by Crippen LogP contribution is 2.22. The van der Waals surface area contributed by atoms with Gasteiger partial charge < -0.3 is 4.90 Å². The summed E-state index contributed by atoms with van der Waals surface area (Å²) in [6.45, 7) is 13.4. The molecular weight excluding hydrogens is 186 g/mol. The van der Waals surface area contributed by atoms with Crippen molar-refractivity contribution in [2.75, 3.05) is 13.1 Å². The maximum Gasteiger partial charge on any atom is 0.118 e. The van der Waals surface area contributed by atoms with Crippen molar-refractivity contribution in [1.29, 1.82) is 0 Å². The van der Waals surface area contributed by atoms with E-state index in [1.54, 1.807) is 0 Å². The van der Waals surface area contributed by atoms with Gasteiger partial charge in [-0.25, -0.2) is 0 Å². The average Bonchev–Trinajstić information content (AvgIpc) is 2.45. The van der Waals surface area contributed by atoms with Gasteiger partial charge in [0.05, 0.1) is 0 Å². The van der Waals surface area contributed by atoms with Gasteiger partial charge in [-0.3, -0.25) is 5.01 Å². The molecule has 0 aliphatic carbocycles. The van der Waals surface area contributed by atoms with Gasteiger partial charge in [-0.1, -0.05) is 34.6 Å². The monoisotopic (exact) mass is 211 g/mol. The van der Waals surface area contributed by atoms with Crippen LogP contribution in [0.3, 0.4) is 0 Å². The van der Waals surface area contributed by atoms with Crippen LogP contribution in [0.4, 0.5) is 0 Å². The first-order valence-corrected chi connectivity index (χ1v) is 6.04. The van der Waals surface area contributed by atoms with Crippen LogP contribution in [-0.4, -0.2) is 35.5 Å². The van der Waals surface area contributed by atoms with Gasteiger partial charge >= 0.3 is 0 Å². The van der Waals surface area contributed by atoms with Crippen LogP contribution >= 0.6 is 0 Å². The largest absolute Gasteiger partial charge is 0.339 e. The SMILES string of the molecule is CCCN1N=CN(CC(C)(C)C)C1CC. The fourth-order valence-electron chi connectivity index (χ4n) is 2.03.